The summed E-state index contributed by atoms with van der Waals surface area (Å²) >= 11 is 0. The molecule has 19 heavy (non-hydrogen) atoms. The number of hydrogen-bond acceptors (Lipinski definition) is 3. The van der Waals surface area contributed by atoms with Gasteiger partial charge in [0.15, 0.2) is 0 Å². The van der Waals surface area contributed by atoms with Gasteiger partial charge in [0.2, 0.25) is 5.69 Å². The molecule has 1 aromatic carbocycles. The number of para-hydroxylation sites is 1. The molecular formula is C12H13N4O3+. The van der Waals surface area contributed by atoms with Crippen LogP contribution in [0.2, 0.25) is 0 Å². The fourth-order valence-electron chi connectivity index (χ4n) is 1.44. The van der Waals surface area contributed by atoms with Crippen LogP contribution in [0.5, 0.6) is 0 Å². The van der Waals surface area contributed by atoms with Crippen LogP contribution in [0.3, 0.4) is 0 Å². The average Bonchev–Trinajstić information content (AvgIpc) is 2.79. The summed E-state index contributed by atoms with van der Waals surface area (Å²) in [5, 5.41) is 2.38. The third-order valence-corrected chi connectivity index (χ3v) is 2.27. The summed E-state index contributed by atoms with van der Waals surface area (Å²) < 4.78 is 5.91. The molecule has 7 heteroatoms. The van der Waals surface area contributed by atoms with Gasteiger partial charge in [-0.05, 0) is 9.95 Å². The van der Waals surface area contributed by atoms with Gasteiger partial charge in [-0.15, -0.1) is 0 Å². The van der Waals surface area contributed by atoms with Crippen LogP contribution < -0.4 is 10.3 Å². The summed E-state index contributed by atoms with van der Waals surface area (Å²) in [5.41, 5.74) is -0.328. The molecule has 0 spiro atoms. The number of nitrogens with zero attached hydrogens (tertiary/aromatic N) is 3. The van der Waals surface area contributed by atoms with Crippen molar-refractivity contribution in [2.24, 2.45) is 4.99 Å². The highest BCUT2D eigenvalue weighted by atomic mass is 16.5. The number of aromatic nitrogens is 2. The zero-order valence-electron chi connectivity index (χ0n) is 10.5. The van der Waals surface area contributed by atoms with Crippen LogP contribution >= 0.6 is 0 Å². The molecule has 0 aliphatic carbocycles. The first-order chi connectivity index (χ1) is 9.09. The molecule has 0 atom stereocenters. The van der Waals surface area contributed by atoms with E-state index >= 15 is 0 Å². The van der Waals surface area contributed by atoms with Crippen LogP contribution in [0.25, 0.3) is 5.69 Å². The second-order valence-electron chi connectivity index (χ2n) is 4.01. The lowest BCUT2D eigenvalue weighted by Gasteiger charge is -1.99. The van der Waals surface area contributed by atoms with Gasteiger partial charge in [0.25, 0.3) is 0 Å². The van der Waals surface area contributed by atoms with E-state index in [9.17, 15) is 9.59 Å². The van der Waals surface area contributed by atoms with E-state index in [1.165, 1.54) is 11.0 Å². The summed E-state index contributed by atoms with van der Waals surface area (Å²) in [7, 11) is 3.45. The molecule has 1 heterocycles. The Morgan fingerprint density at radius 2 is 2.05 bits per heavy atom. The molecule has 0 saturated carbocycles. The van der Waals surface area contributed by atoms with E-state index in [1.807, 2.05) is 6.07 Å². The van der Waals surface area contributed by atoms with E-state index < -0.39 is 11.5 Å². The van der Waals surface area contributed by atoms with Gasteiger partial charge in [-0.25, -0.2) is 4.79 Å². The molecule has 7 nitrogen and oxygen atoms in total. The maximum atomic E-state index is 11.9. The van der Waals surface area contributed by atoms with E-state index in [-0.39, 0.29) is 5.69 Å². The van der Waals surface area contributed by atoms with Crippen molar-refractivity contribution in [2.75, 3.05) is 14.1 Å². The van der Waals surface area contributed by atoms with E-state index in [0.717, 1.165) is 0 Å². The zero-order valence-corrected chi connectivity index (χ0v) is 10.5. The Morgan fingerprint density at radius 1 is 1.37 bits per heavy atom. The van der Waals surface area contributed by atoms with Crippen LogP contribution in [0.1, 0.15) is 10.5 Å². The number of amides is 1. The molecule has 1 N–H and O–H groups in total. The van der Waals surface area contributed by atoms with E-state index in [0.29, 0.717) is 5.69 Å². The third kappa shape index (κ3) is 2.76. The summed E-state index contributed by atoms with van der Waals surface area (Å²) in [6, 6.07) is 8.86. The molecule has 0 unspecified atom stereocenters. The van der Waals surface area contributed by atoms with Crippen molar-refractivity contribution in [2.45, 2.75) is 0 Å². The first-order valence-corrected chi connectivity index (χ1v) is 5.53. The molecule has 0 fully saturated rings. The highest BCUT2D eigenvalue weighted by Gasteiger charge is 2.30. The molecule has 0 saturated heterocycles. The van der Waals surface area contributed by atoms with Gasteiger partial charge in [0.05, 0.1) is 6.34 Å². The number of aromatic amines is 1. The summed E-state index contributed by atoms with van der Waals surface area (Å²) in [5.74, 6) is -0.674. The molecule has 1 amide bonds. The molecule has 1 aromatic heterocycles. The Balaban J connectivity index is 2.45. The van der Waals surface area contributed by atoms with Crippen molar-refractivity contribution in [3.8, 4) is 5.69 Å². The van der Waals surface area contributed by atoms with E-state index in [4.69, 9.17) is 0 Å². The zero-order chi connectivity index (χ0) is 13.8. The van der Waals surface area contributed by atoms with Crippen LogP contribution in [0, 0.1) is 0 Å². The normalized spacial score (nSPS) is 10.8. The first-order valence-electron chi connectivity index (χ1n) is 5.53. The minimum absolute atomic E-state index is 0.177. The number of carbonyl (C=O) groups is 1. The fraction of sp³-hybridized carbons (Fsp3) is 0.167. The lowest BCUT2D eigenvalue weighted by atomic mass is 10.3. The second-order valence-corrected chi connectivity index (χ2v) is 4.01. The van der Waals surface area contributed by atoms with Gasteiger partial charge in [0, 0.05) is 26.2 Å². The number of aliphatic imine (C=N–C) groups is 1. The number of H-pyrrole nitrogens is 1. The Morgan fingerprint density at radius 3 is 2.68 bits per heavy atom. The minimum atomic E-state index is -0.759. The van der Waals surface area contributed by atoms with Crippen molar-refractivity contribution in [3.63, 3.8) is 0 Å². The van der Waals surface area contributed by atoms with E-state index in [2.05, 4.69) is 14.8 Å². The number of rotatable bonds is 3. The summed E-state index contributed by atoms with van der Waals surface area (Å²) in [6.45, 7) is 0. The Labute approximate surface area is 108 Å². The lowest BCUT2D eigenvalue weighted by Crippen LogP contribution is -2.40. The smallest absolute Gasteiger partial charge is 0.369 e. The van der Waals surface area contributed by atoms with Crippen LogP contribution in [0.4, 0.5) is 0 Å². The van der Waals surface area contributed by atoms with Crippen LogP contribution in [-0.4, -0.2) is 36.5 Å². The lowest BCUT2D eigenvalue weighted by molar-refractivity contribution is -0.672. The van der Waals surface area contributed by atoms with Crippen molar-refractivity contribution >= 4 is 12.2 Å². The van der Waals surface area contributed by atoms with Crippen LogP contribution in [0.15, 0.2) is 44.6 Å². The molecular weight excluding hydrogens is 248 g/mol. The highest BCUT2D eigenvalue weighted by Crippen LogP contribution is 1.98. The third-order valence-electron chi connectivity index (χ3n) is 2.27. The van der Waals surface area contributed by atoms with Crippen molar-refractivity contribution in [1.29, 1.82) is 0 Å². The van der Waals surface area contributed by atoms with Crippen LogP contribution in [-0.2, 0) is 0 Å². The molecule has 0 aliphatic heterocycles. The molecule has 2 aromatic rings. The number of hydrogen-bond donors (Lipinski definition) is 1. The standard InChI is InChI=1S/C12H12N4O3/c1-15(2)8-13-11(17)10-12(18)19-14-16(10)9-6-4-3-5-7-9/h3-8H,1-2H3/p+1. The first kappa shape index (κ1) is 12.7. The number of benzene rings is 1. The van der Waals surface area contributed by atoms with Gasteiger partial charge in [-0.1, -0.05) is 18.2 Å². The highest BCUT2D eigenvalue weighted by molar-refractivity contribution is 5.95. The maximum Gasteiger partial charge on any atom is 0.441 e. The number of nitrogens with one attached hydrogen (secondary N) is 1. The van der Waals surface area contributed by atoms with Gasteiger partial charge in [-0.2, -0.15) is 4.99 Å². The molecule has 0 bridgehead atoms. The van der Waals surface area contributed by atoms with Gasteiger partial charge in [-0.3, -0.25) is 9.32 Å². The van der Waals surface area contributed by atoms with E-state index in [1.54, 1.807) is 43.3 Å². The summed E-state index contributed by atoms with van der Waals surface area (Å²) in [6.07, 6.45) is 1.32. The molecule has 0 aliphatic rings. The van der Waals surface area contributed by atoms with Gasteiger partial charge < -0.3 is 4.90 Å². The molecule has 2 rings (SSSR count). The van der Waals surface area contributed by atoms with Crippen molar-refractivity contribution in [1.82, 2.24) is 10.2 Å². The topological polar surface area (TPSA) is 82.5 Å². The quantitative estimate of drug-likeness (QED) is 0.478. The second kappa shape index (κ2) is 5.30. The fourth-order valence-corrected chi connectivity index (χ4v) is 1.44. The minimum Gasteiger partial charge on any atom is -0.369 e. The molecule has 0 radical (unpaired) electrons. The number of carbonyl (C=O) groups excluding carboxylic acids is 1. The SMILES string of the molecule is CN(C)C=NC(=O)c1c(=O)o[nH][n+]1-c1ccccc1. The van der Waals surface area contributed by atoms with Crippen molar-refractivity contribution in [3.05, 3.63) is 46.4 Å². The molecule has 98 valence electrons. The maximum absolute atomic E-state index is 11.9. The monoisotopic (exact) mass is 261 g/mol. The average molecular weight is 261 g/mol. The van der Waals surface area contributed by atoms with Gasteiger partial charge >= 0.3 is 17.2 Å². The predicted octanol–water partition coefficient (Wildman–Crippen LogP) is -0.0253. The Bertz CT molecular complexity index is 655. The Hall–Kier alpha value is -2.70. The van der Waals surface area contributed by atoms with Crippen molar-refractivity contribution < 1.29 is 14.0 Å². The predicted molar refractivity (Wildman–Crippen MR) is 67.4 cm³/mol. The summed E-state index contributed by atoms with van der Waals surface area (Å²) in [4.78, 5) is 28.7. The largest absolute Gasteiger partial charge is 0.441 e. The Kier molecular flexibility index (Phi) is 3.56. The van der Waals surface area contributed by atoms with Gasteiger partial charge in [0.1, 0.15) is 0 Å².